The highest BCUT2D eigenvalue weighted by Crippen LogP contribution is 2.22. The summed E-state index contributed by atoms with van der Waals surface area (Å²) in [7, 11) is 3.18. The molecule has 0 aromatic heterocycles. The average Bonchev–Trinajstić information content (AvgIpc) is 2.38. The summed E-state index contributed by atoms with van der Waals surface area (Å²) in [5.74, 6) is -0.356. The Labute approximate surface area is 116 Å². The van der Waals surface area contributed by atoms with E-state index in [9.17, 15) is 9.59 Å². The van der Waals surface area contributed by atoms with Crippen molar-refractivity contribution >= 4 is 11.7 Å². The van der Waals surface area contributed by atoms with E-state index in [1.54, 1.807) is 14.2 Å². The van der Waals surface area contributed by atoms with Gasteiger partial charge in [-0.15, -0.1) is 0 Å². The first kappa shape index (κ1) is 17.8. The standard InChI is InChI=1S/C15H27NO3/c1-6-8-11(3)14(19-5)13(15(18)16-4)10-12(17)9-7-2/h6,8,11,13-14H,7,9-10H2,1-5H3,(H,16,18)/b8-6+/t11-,13+,14-/m1/s1. The quantitative estimate of drug-likeness (QED) is 0.654. The molecule has 1 amide bonds. The fourth-order valence-electron chi connectivity index (χ4n) is 2.33. The lowest BCUT2D eigenvalue weighted by Gasteiger charge is -2.27. The number of nitrogens with one attached hydrogen (secondary N) is 1. The highest BCUT2D eigenvalue weighted by molar-refractivity contribution is 5.87. The summed E-state index contributed by atoms with van der Waals surface area (Å²) in [5.41, 5.74) is 0. The first-order valence-electron chi connectivity index (χ1n) is 6.90. The Morgan fingerprint density at radius 3 is 2.42 bits per heavy atom. The molecule has 4 heteroatoms. The Balaban J connectivity index is 4.98. The second-order valence-electron chi connectivity index (χ2n) is 4.80. The number of carbonyl (C=O) groups excluding carboxylic acids is 2. The molecule has 0 radical (unpaired) electrons. The number of hydrogen-bond donors (Lipinski definition) is 1. The third-order valence-electron chi connectivity index (χ3n) is 3.24. The maximum atomic E-state index is 12.0. The third kappa shape index (κ3) is 6.01. The molecule has 1 N–H and O–H groups in total. The first-order chi connectivity index (χ1) is 9.01. The second kappa shape index (κ2) is 9.73. The number of allylic oxidation sites excluding steroid dienone is 1. The molecule has 0 aliphatic carbocycles. The minimum absolute atomic E-state index is 0.0896. The smallest absolute Gasteiger partial charge is 0.225 e. The lowest BCUT2D eigenvalue weighted by Crippen LogP contribution is -2.41. The van der Waals surface area contributed by atoms with E-state index in [1.165, 1.54) is 0 Å². The minimum Gasteiger partial charge on any atom is -0.380 e. The fourth-order valence-corrected chi connectivity index (χ4v) is 2.33. The van der Waals surface area contributed by atoms with E-state index in [0.717, 1.165) is 6.42 Å². The molecule has 0 fully saturated rings. The van der Waals surface area contributed by atoms with Gasteiger partial charge in [-0.1, -0.05) is 26.0 Å². The predicted octanol–water partition coefficient (Wildman–Crippen LogP) is 2.34. The molecule has 4 nitrogen and oxygen atoms in total. The Kier molecular flexibility index (Phi) is 9.13. The van der Waals surface area contributed by atoms with Gasteiger partial charge in [0, 0.05) is 32.9 Å². The van der Waals surface area contributed by atoms with E-state index < -0.39 is 5.92 Å². The summed E-state index contributed by atoms with van der Waals surface area (Å²) in [6, 6.07) is 0. The molecule has 110 valence electrons. The Bertz CT molecular complexity index is 313. The van der Waals surface area contributed by atoms with Crippen molar-refractivity contribution in [3.8, 4) is 0 Å². The number of hydrogen-bond acceptors (Lipinski definition) is 3. The van der Waals surface area contributed by atoms with Gasteiger partial charge < -0.3 is 10.1 Å². The summed E-state index contributed by atoms with van der Waals surface area (Å²) in [5, 5.41) is 2.63. The van der Waals surface area contributed by atoms with Crippen LogP contribution in [0.1, 0.15) is 40.0 Å². The van der Waals surface area contributed by atoms with Crippen LogP contribution in [-0.4, -0.2) is 32.0 Å². The Morgan fingerprint density at radius 1 is 1.37 bits per heavy atom. The van der Waals surface area contributed by atoms with Crippen molar-refractivity contribution in [2.75, 3.05) is 14.2 Å². The maximum absolute atomic E-state index is 12.0. The second-order valence-corrected chi connectivity index (χ2v) is 4.80. The molecule has 0 aliphatic rings. The minimum atomic E-state index is -0.430. The van der Waals surface area contributed by atoms with Crippen molar-refractivity contribution in [1.29, 1.82) is 0 Å². The van der Waals surface area contributed by atoms with E-state index >= 15 is 0 Å². The van der Waals surface area contributed by atoms with Gasteiger partial charge in [0.1, 0.15) is 5.78 Å². The van der Waals surface area contributed by atoms with Gasteiger partial charge >= 0.3 is 0 Å². The van der Waals surface area contributed by atoms with E-state index in [-0.39, 0.29) is 30.1 Å². The van der Waals surface area contributed by atoms with Gasteiger partial charge in [-0.2, -0.15) is 0 Å². The van der Waals surface area contributed by atoms with Gasteiger partial charge in [-0.3, -0.25) is 9.59 Å². The van der Waals surface area contributed by atoms with Gasteiger partial charge in [0.2, 0.25) is 5.91 Å². The van der Waals surface area contributed by atoms with Crippen molar-refractivity contribution in [1.82, 2.24) is 5.32 Å². The van der Waals surface area contributed by atoms with Gasteiger partial charge in [0.05, 0.1) is 12.0 Å². The Morgan fingerprint density at radius 2 is 2.00 bits per heavy atom. The van der Waals surface area contributed by atoms with Crippen LogP contribution in [0.4, 0.5) is 0 Å². The topological polar surface area (TPSA) is 55.4 Å². The van der Waals surface area contributed by atoms with E-state index in [0.29, 0.717) is 6.42 Å². The van der Waals surface area contributed by atoms with Gasteiger partial charge in [0.15, 0.2) is 0 Å². The van der Waals surface area contributed by atoms with Gasteiger partial charge in [0.25, 0.3) is 0 Å². The molecule has 19 heavy (non-hydrogen) atoms. The molecule has 0 aliphatic heterocycles. The number of amides is 1. The zero-order chi connectivity index (χ0) is 14.8. The predicted molar refractivity (Wildman–Crippen MR) is 76.9 cm³/mol. The van der Waals surface area contributed by atoms with Crippen molar-refractivity contribution in [2.24, 2.45) is 11.8 Å². The van der Waals surface area contributed by atoms with Crippen LogP contribution in [0.5, 0.6) is 0 Å². The molecule has 0 spiro atoms. The summed E-state index contributed by atoms with van der Waals surface area (Å²) >= 11 is 0. The first-order valence-corrected chi connectivity index (χ1v) is 6.90. The van der Waals surface area contributed by atoms with Crippen LogP contribution in [0.15, 0.2) is 12.2 Å². The van der Waals surface area contributed by atoms with Crippen LogP contribution in [0, 0.1) is 11.8 Å². The van der Waals surface area contributed by atoms with E-state index in [4.69, 9.17) is 4.74 Å². The molecule has 0 saturated carbocycles. The normalized spacial score (nSPS) is 16.1. The van der Waals surface area contributed by atoms with Crippen LogP contribution >= 0.6 is 0 Å². The lowest BCUT2D eigenvalue weighted by molar-refractivity contribution is -0.135. The number of carbonyl (C=O) groups is 2. The maximum Gasteiger partial charge on any atom is 0.225 e. The monoisotopic (exact) mass is 269 g/mol. The summed E-state index contributed by atoms with van der Waals surface area (Å²) < 4.78 is 5.46. The van der Waals surface area contributed by atoms with Gasteiger partial charge in [-0.25, -0.2) is 0 Å². The zero-order valence-electron chi connectivity index (χ0n) is 12.7. The fraction of sp³-hybridized carbons (Fsp3) is 0.733. The molecule has 0 bridgehead atoms. The number of methoxy groups -OCH3 is 1. The SMILES string of the molecule is C/C=C/[C@@H](C)[C@@H](OC)[C@H](CC(=O)CCC)C(=O)NC. The van der Waals surface area contributed by atoms with Crippen LogP contribution in [0.25, 0.3) is 0 Å². The largest absolute Gasteiger partial charge is 0.380 e. The molecular formula is C15H27NO3. The highest BCUT2D eigenvalue weighted by Gasteiger charge is 2.32. The van der Waals surface area contributed by atoms with Gasteiger partial charge in [-0.05, 0) is 13.3 Å². The molecule has 0 saturated heterocycles. The molecule has 0 unspecified atom stereocenters. The summed E-state index contributed by atoms with van der Waals surface area (Å²) in [6.45, 7) is 5.89. The van der Waals surface area contributed by atoms with E-state index in [1.807, 2.05) is 32.9 Å². The van der Waals surface area contributed by atoms with Crippen molar-refractivity contribution < 1.29 is 14.3 Å². The summed E-state index contributed by atoms with van der Waals surface area (Å²) in [4.78, 5) is 23.8. The molecule has 3 atom stereocenters. The summed E-state index contributed by atoms with van der Waals surface area (Å²) in [6.07, 6.45) is 5.22. The average molecular weight is 269 g/mol. The molecule has 0 aromatic rings. The van der Waals surface area contributed by atoms with Crippen LogP contribution in [0.2, 0.25) is 0 Å². The van der Waals surface area contributed by atoms with Crippen LogP contribution in [0.3, 0.4) is 0 Å². The van der Waals surface area contributed by atoms with Crippen molar-refractivity contribution in [3.63, 3.8) is 0 Å². The third-order valence-corrected chi connectivity index (χ3v) is 3.24. The zero-order valence-corrected chi connectivity index (χ0v) is 12.7. The Hall–Kier alpha value is -1.16. The molecule has 0 heterocycles. The van der Waals surface area contributed by atoms with Crippen molar-refractivity contribution in [3.05, 3.63) is 12.2 Å². The number of Topliss-reactive ketones (excluding diaryl/α,β-unsaturated/α-hetero) is 1. The van der Waals surface area contributed by atoms with Crippen LogP contribution in [-0.2, 0) is 14.3 Å². The molecular weight excluding hydrogens is 242 g/mol. The number of ether oxygens (including phenoxy) is 1. The van der Waals surface area contributed by atoms with E-state index in [2.05, 4.69) is 5.32 Å². The lowest BCUT2D eigenvalue weighted by atomic mass is 9.86. The van der Waals surface area contributed by atoms with Crippen LogP contribution < -0.4 is 5.32 Å². The number of rotatable bonds is 9. The highest BCUT2D eigenvalue weighted by atomic mass is 16.5. The van der Waals surface area contributed by atoms with Crippen molar-refractivity contribution in [2.45, 2.75) is 46.1 Å². The molecule has 0 aromatic carbocycles. The molecule has 0 rings (SSSR count). The number of ketones is 1.